The minimum absolute atomic E-state index is 0.148. The lowest BCUT2D eigenvalue weighted by Crippen LogP contribution is -2.30. The van der Waals surface area contributed by atoms with Crippen molar-refractivity contribution in [1.29, 1.82) is 0 Å². The van der Waals surface area contributed by atoms with Crippen molar-refractivity contribution in [2.45, 2.75) is 25.1 Å². The molecule has 1 amide bonds. The van der Waals surface area contributed by atoms with Gasteiger partial charge in [-0.3, -0.25) is 9.78 Å². The maximum absolute atomic E-state index is 12.2. The number of pyridine rings is 1. The molecule has 0 aliphatic carbocycles. The van der Waals surface area contributed by atoms with Crippen molar-refractivity contribution in [3.63, 3.8) is 0 Å². The van der Waals surface area contributed by atoms with Crippen molar-refractivity contribution in [1.82, 2.24) is 9.88 Å². The fraction of sp³-hybridized carbons (Fsp3) is 0.333. The molecular weight excluding hydrogens is 292 g/mol. The SMILES string of the molecule is CCc1ccc(C2SCC(=O)N2CCc2cccnc2)cc1. The number of amides is 1. The van der Waals surface area contributed by atoms with Crippen LogP contribution in [0.25, 0.3) is 0 Å². The van der Waals surface area contributed by atoms with Crippen LogP contribution in [0.2, 0.25) is 0 Å². The molecule has 4 heteroatoms. The van der Waals surface area contributed by atoms with Crippen molar-refractivity contribution in [2.24, 2.45) is 0 Å². The smallest absolute Gasteiger partial charge is 0.233 e. The first-order valence-electron chi connectivity index (χ1n) is 7.66. The van der Waals surface area contributed by atoms with Gasteiger partial charge in [-0.15, -0.1) is 11.8 Å². The first kappa shape index (κ1) is 15.1. The minimum atomic E-state index is 0.148. The summed E-state index contributed by atoms with van der Waals surface area (Å²) in [7, 11) is 0. The number of hydrogen-bond acceptors (Lipinski definition) is 3. The van der Waals surface area contributed by atoms with Crippen LogP contribution < -0.4 is 0 Å². The van der Waals surface area contributed by atoms with Gasteiger partial charge in [0.05, 0.1) is 5.75 Å². The molecule has 2 aromatic rings. The van der Waals surface area contributed by atoms with Crippen molar-refractivity contribution in [3.8, 4) is 0 Å². The molecule has 3 nitrogen and oxygen atoms in total. The predicted octanol–water partition coefficient (Wildman–Crippen LogP) is 3.46. The summed E-state index contributed by atoms with van der Waals surface area (Å²) in [6, 6.07) is 12.6. The first-order chi connectivity index (χ1) is 10.8. The van der Waals surface area contributed by atoms with E-state index in [9.17, 15) is 4.79 Å². The average Bonchev–Trinajstić information content (AvgIpc) is 2.95. The van der Waals surface area contributed by atoms with Crippen LogP contribution in [-0.2, 0) is 17.6 Å². The summed E-state index contributed by atoms with van der Waals surface area (Å²) in [5.41, 5.74) is 3.73. The highest BCUT2D eigenvalue weighted by molar-refractivity contribution is 8.00. The molecule has 1 atom stereocenters. The third kappa shape index (κ3) is 3.33. The van der Waals surface area contributed by atoms with Gasteiger partial charge in [0.25, 0.3) is 0 Å². The number of aromatic nitrogens is 1. The summed E-state index contributed by atoms with van der Waals surface area (Å²) in [5, 5.41) is 0.148. The minimum Gasteiger partial charge on any atom is -0.325 e. The van der Waals surface area contributed by atoms with Gasteiger partial charge < -0.3 is 4.90 Å². The molecule has 2 heterocycles. The number of hydrogen-bond donors (Lipinski definition) is 0. The largest absolute Gasteiger partial charge is 0.325 e. The van der Waals surface area contributed by atoms with Gasteiger partial charge in [0.1, 0.15) is 5.37 Å². The Labute approximate surface area is 135 Å². The molecule has 0 radical (unpaired) electrons. The zero-order chi connectivity index (χ0) is 15.4. The number of thioether (sulfide) groups is 1. The zero-order valence-corrected chi connectivity index (χ0v) is 13.6. The monoisotopic (exact) mass is 312 g/mol. The van der Waals surface area contributed by atoms with Crippen LogP contribution in [0.15, 0.2) is 48.8 Å². The number of carbonyl (C=O) groups excluding carboxylic acids is 1. The summed E-state index contributed by atoms with van der Waals surface area (Å²) >= 11 is 1.72. The Morgan fingerprint density at radius 2 is 2.05 bits per heavy atom. The molecule has 114 valence electrons. The van der Waals surface area contributed by atoms with Crippen molar-refractivity contribution in [2.75, 3.05) is 12.3 Å². The third-order valence-corrected chi connectivity index (χ3v) is 5.26. The van der Waals surface area contributed by atoms with Crippen molar-refractivity contribution in [3.05, 3.63) is 65.5 Å². The number of rotatable bonds is 5. The second-order valence-electron chi connectivity index (χ2n) is 5.46. The molecule has 1 aliphatic heterocycles. The Bertz CT molecular complexity index is 627. The molecule has 1 unspecified atom stereocenters. The summed E-state index contributed by atoms with van der Waals surface area (Å²) in [4.78, 5) is 18.3. The van der Waals surface area contributed by atoms with E-state index in [1.165, 1.54) is 16.7 Å². The maximum atomic E-state index is 12.2. The Kier molecular flexibility index (Phi) is 4.78. The van der Waals surface area contributed by atoms with Gasteiger partial charge in [-0.25, -0.2) is 0 Å². The van der Waals surface area contributed by atoms with E-state index in [-0.39, 0.29) is 11.3 Å². The van der Waals surface area contributed by atoms with E-state index in [1.54, 1.807) is 18.0 Å². The molecular formula is C18H20N2OS. The fourth-order valence-corrected chi connectivity index (χ4v) is 3.90. The van der Waals surface area contributed by atoms with Gasteiger partial charge in [-0.2, -0.15) is 0 Å². The zero-order valence-electron chi connectivity index (χ0n) is 12.7. The van der Waals surface area contributed by atoms with E-state index in [0.717, 1.165) is 19.4 Å². The van der Waals surface area contributed by atoms with Gasteiger partial charge in [0, 0.05) is 18.9 Å². The fourth-order valence-electron chi connectivity index (χ4n) is 2.69. The molecule has 22 heavy (non-hydrogen) atoms. The molecule has 0 N–H and O–H groups in total. The molecule has 0 saturated carbocycles. The number of nitrogens with zero attached hydrogens (tertiary/aromatic N) is 2. The van der Waals surface area contributed by atoms with Crippen LogP contribution in [0.4, 0.5) is 0 Å². The third-order valence-electron chi connectivity index (χ3n) is 4.01. The van der Waals surface area contributed by atoms with Crippen LogP contribution in [0.3, 0.4) is 0 Å². The lowest BCUT2D eigenvalue weighted by atomic mass is 10.1. The van der Waals surface area contributed by atoms with Crippen LogP contribution in [0, 0.1) is 0 Å². The van der Waals surface area contributed by atoms with E-state index < -0.39 is 0 Å². The standard InChI is InChI=1S/C18H20N2OS/c1-2-14-5-7-16(8-6-14)18-20(17(21)13-22-18)11-9-15-4-3-10-19-12-15/h3-8,10,12,18H,2,9,11,13H2,1H3. The predicted molar refractivity (Wildman–Crippen MR) is 90.7 cm³/mol. The highest BCUT2D eigenvalue weighted by Crippen LogP contribution is 2.38. The molecule has 1 aromatic heterocycles. The van der Waals surface area contributed by atoms with Gasteiger partial charge in [0.2, 0.25) is 5.91 Å². The first-order valence-corrected chi connectivity index (χ1v) is 8.71. The lowest BCUT2D eigenvalue weighted by molar-refractivity contribution is -0.128. The maximum Gasteiger partial charge on any atom is 0.233 e. The van der Waals surface area contributed by atoms with Gasteiger partial charge >= 0.3 is 0 Å². The topological polar surface area (TPSA) is 33.2 Å². The number of carbonyl (C=O) groups is 1. The van der Waals surface area contributed by atoms with Crippen LogP contribution in [-0.4, -0.2) is 28.1 Å². The van der Waals surface area contributed by atoms with Gasteiger partial charge in [0.15, 0.2) is 0 Å². The molecule has 3 rings (SSSR count). The van der Waals surface area contributed by atoms with Gasteiger partial charge in [-0.1, -0.05) is 37.3 Å². The van der Waals surface area contributed by atoms with Crippen molar-refractivity contribution < 1.29 is 4.79 Å². The normalized spacial score (nSPS) is 18.0. The van der Waals surface area contributed by atoms with E-state index in [4.69, 9.17) is 0 Å². The molecule has 1 aromatic carbocycles. The Morgan fingerprint density at radius 1 is 1.23 bits per heavy atom. The number of benzene rings is 1. The van der Waals surface area contributed by atoms with Crippen molar-refractivity contribution >= 4 is 17.7 Å². The second kappa shape index (κ2) is 6.97. The van der Waals surface area contributed by atoms with Crippen LogP contribution >= 0.6 is 11.8 Å². The summed E-state index contributed by atoms with van der Waals surface area (Å²) in [5.74, 6) is 0.811. The second-order valence-corrected chi connectivity index (χ2v) is 6.53. The Hall–Kier alpha value is -1.81. The van der Waals surface area contributed by atoms with E-state index in [1.807, 2.05) is 17.2 Å². The molecule has 0 bridgehead atoms. The Balaban J connectivity index is 1.71. The van der Waals surface area contributed by atoms with Crippen LogP contribution in [0.1, 0.15) is 29.0 Å². The molecule has 1 aliphatic rings. The highest BCUT2D eigenvalue weighted by atomic mass is 32.2. The van der Waals surface area contributed by atoms with E-state index in [0.29, 0.717) is 5.75 Å². The molecule has 0 spiro atoms. The average molecular weight is 312 g/mol. The van der Waals surface area contributed by atoms with E-state index >= 15 is 0 Å². The lowest BCUT2D eigenvalue weighted by Gasteiger charge is -2.24. The van der Waals surface area contributed by atoms with Crippen LogP contribution in [0.5, 0.6) is 0 Å². The molecule has 1 saturated heterocycles. The summed E-state index contributed by atoms with van der Waals surface area (Å²) < 4.78 is 0. The molecule has 1 fully saturated rings. The van der Waals surface area contributed by atoms with E-state index in [2.05, 4.69) is 42.2 Å². The summed E-state index contributed by atoms with van der Waals surface area (Å²) in [6.45, 7) is 2.90. The highest BCUT2D eigenvalue weighted by Gasteiger charge is 2.32. The quantitative estimate of drug-likeness (QED) is 0.847. The Morgan fingerprint density at radius 3 is 2.73 bits per heavy atom. The summed E-state index contributed by atoms with van der Waals surface area (Å²) in [6.07, 6.45) is 5.54. The number of aryl methyl sites for hydroxylation is 1. The van der Waals surface area contributed by atoms with Gasteiger partial charge in [-0.05, 0) is 35.6 Å².